The van der Waals surface area contributed by atoms with Gasteiger partial charge in [0.2, 0.25) is 0 Å². The second-order valence-corrected chi connectivity index (χ2v) is 7.50. The zero-order chi connectivity index (χ0) is 20.2. The van der Waals surface area contributed by atoms with Gasteiger partial charge < -0.3 is 19.5 Å². The first kappa shape index (κ1) is 19.5. The minimum absolute atomic E-state index is 0.0168. The molecule has 150 valence electrons. The van der Waals surface area contributed by atoms with Crippen molar-refractivity contribution in [2.45, 2.75) is 25.4 Å². The van der Waals surface area contributed by atoms with Crippen LogP contribution in [0.5, 0.6) is 0 Å². The fraction of sp³-hybridized carbons (Fsp3) is 0.318. The number of rotatable bonds is 7. The predicted molar refractivity (Wildman–Crippen MR) is 117 cm³/mol. The maximum atomic E-state index is 5.74. The van der Waals surface area contributed by atoms with Crippen LogP contribution in [0.25, 0.3) is 5.69 Å². The normalized spacial score (nSPS) is 18.8. The lowest BCUT2D eigenvalue weighted by atomic mass is 10.0. The summed E-state index contributed by atoms with van der Waals surface area (Å²) in [5.74, 6) is 0. The lowest BCUT2D eigenvalue weighted by Gasteiger charge is -2.29. The number of hydrogen-bond donors (Lipinski definition) is 1. The van der Waals surface area contributed by atoms with Crippen LogP contribution in [0.15, 0.2) is 61.1 Å². The molecule has 1 fully saturated rings. The van der Waals surface area contributed by atoms with Crippen LogP contribution in [-0.4, -0.2) is 44.8 Å². The SMILES string of the molecule is COCCCN1C(=S)N[C@@H](c2ccccn2)[C@@H]1c1ccc(C)n1-c1cccnc1. The van der Waals surface area contributed by atoms with E-state index in [-0.39, 0.29) is 12.1 Å². The molecule has 0 aromatic carbocycles. The van der Waals surface area contributed by atoms with Crippen molar-refractivity contribution in [3.05, 3.63) is 78.1 Å². The van der Waals surface area contributed by atoms with Crippen LogP contribution in [-0.2, 0) is 4.74 Å². The summed E-state index contributed by atoms with van der Waals surface area (Å²) in [6, 6.07) is 14.4. The zero-order valence-corrected chi connectivity index (χ0v) is 17.5. The predicted octanol–water partition coefficient (Wildman–Crippen LogP) is 3.58. The highest BCUT2D eigenvalue weighted by Crippen LogP contribution is 2.40. The lowest BCUT2D eigenvalue weighted by Crippen LogP contribution is -2.32. The number of methoxy groups -OCH3 is 1. The fourth-order valence-corrected chi connectivity index (χ4v) is 4.31. The van der Waals surface area contributed by atoms with E-state index in [1.54, 1.807) is 13.3 Å². The molecule has 0 bridgehead atoms. The third-order valence-electron chi connectivity index (χ3n) is 5.26. The Morgan fingerprint density at radius 1 is 1.14 bits per heavy atom. The summed E-state index contributed by atoms with van der Waals surface area (Å²) in [4.78, 5) is 11.2. The van der Waals surface area contributed by atoms with Crippen molar-refractivity contribution in [3.63, 3.8) is 0 Å². The summed E-state index contributed by atoms with van der Waals surface area (Å²) >= 11 is 5.74. The van der Waals surface area contributed by atoms with Crippen LogP contribution >= 0.6 is 12.2 Å². The molecule has 1 N–H and O–H groups in total. The molecule has 4 rings (SSSR count). The fourth-order valence-electron chi connectivity index (χ4n) is 3.98. The Hall–Kier alpha value is -2.77. The van der Waals surface area contributed by atoms with E-state index in [0.717, 1.165) is 40.8 Å². The minimum atomic E-state index is -0.0315. The topological polar surface area (TPSA) is 55.2 Å². The molecule has 7 heteroatoms. The average Bonchev–Trinajstić information content (AvgIpc) is 3.29. The second-order valence-electron chi connectivity index (χ2n) is 7.11. The number of aromatic nitrogens is 3. The Bertz CT molecular complexity index is 960. The quantitative estimate of drug-likeness (QED) is 0.477. The Morgan fingerprint density at radius 2 is 2.03 bits per heavy atom. The number of pyridine rings is 2. The van der Waals surface area contributed by atoms with Crippen LogP contribution in [0.3, 0.4) is 0 Å². The standard InChI is InChI=1S/C22H25N5OS/c1-16-9-10-19(27(16)17-7-5-11-23-15-17)21-20(18-8-3-4-12-24-18)25-22(29)26(21)13-6-14-28-2/h3-5,7-12,15,20-21H,6,13-14H2,1-2H3,(H,25,29)/t20-,21-/m0/s1. The first-order valence-corrected chi connectivity index (χ1v) is 10.2. The van der Waals surface area contributed by atoms with Gasteiger partial charge in [-0.15, -0.1) is 0 Å². The number of nitrogens with zero attached hydrogens (tertiary/aromatic N) is 4. The van der Waals surface area contributed by atoms with E-state index in [4.69, 9.17) is 17.0 Å². The van der Waals surface area contributed by atoms with Gasteiger partial charge in [0.05, 0.1) is 29.7 Å². The maximum Gasteiger partial charge on any atom is 0.170 e. The van der Waals surface area contributed by atoms with Gasteiger partial charge in [0.25, 0.3) is 0 Å². The molecule has 0 spiro atoms. The first-order chi connectivity index (χ1) is 14.2. The van der Waals surface area contributed by atoms with E-state index in [9.17, 15) is 0 Å². The van der Waals surface area contributed by atoms with E-state index in [1.807, 2.05) is 30.6 Å². The molecule has 0 amide bonds. The van der Waals surface area contributed by atoms with Gasteiger partial charge in [-0.1, -0.05) is 6.07 Å². The number of hydrogen-bond acceptors (Lipinski definition) is 4. The molecule has 6 nitrogen and oxygen atoms in total. The minimum Gasteiger partial charge on any atom is -0.385 e. The molecule has 4 heterocycles. The zero-order valence-electron chi connectivity index (χ0n) is 16.7. The summed E-state index contributed by atoms with van der Waals surface area (Å²) in [6.07, 6.45) is 6.41. The van der Waals surface area contributed by atoms with E-state index >= 15 is 0 Å². The molecule has 0 unspecified atom stereocenters. The molecule has 0 radical (unpaired) electrons. The summed E-state index contributed by atoms with van der Waals surface area (Å²) in [5.41, 5.74) is 4.34. The molecule has 1 aliphatic rings. The molecule has 0 saturated carbocycles. The highest BCUT2D eigenvalue weighted by molar-refractivity contribution is 7.80. The third-order valence-corrected chi connectivity index (χ3v) is 5.61. The average molecular weight is 408 g/mol. The number of nitrogens with one attached hydrogen (secondary N) is 1. The van der Waals surface area contributed by atoms with E-state index in [1.165, 1.54) is 0 Å². The van der Waals surface area contributed by atoms with Gasteiger partial charge >= 0.3 is 0 Å². The number of ether oxygens (including phenoxy) is 1. The molecule has 1 saturated heterocycles. The molecule has 0 aliphatic carbocycles. The van der Waals surface area contributed by atoms with Gasteiger partial charge in [0.15, 0.2) is 5.11 Å². The Balaban J connectivity index is 1.79. The van der Waals surface area contributed by atoms with Crippen molar-refractivity contribution in [2.24, 2.45) is 0 Å². The van der Waals surface area contributed by atoms with Gasteiger partial charge in [-0.3, -0.25) is 9.97 Å². The Morgan fingerprint density at radius 3 is 2.76 bits per heavy atom. The molecular weight excluding hydrogens is 382 g/mol. The lowest BCUT2D eigenvalue weighted by molar-refractivity contribution is 0.180. The van der Waals surface area contributed by atoms with Crippen molar-refractivity contribution in [2.75, 3.05) is 20.3 Å². The molecule has 2 atom stereocenters. The maximum absolute atomic E-state index is 5.74. The third kappa shape index (κ3) is 3.88. The monoisotopic (exact) mass is 407 g/mol. The number of thiocarbonyl (C=S) groups is 1. The van der Waals surface area contributed by atoms with Gasteiger partial charge in [0, 0.05) is 44.0 Å². The number of aryl methyl sites for hydroxylation is 1. The van der Waals surface area contributed by atoms with Crippen molar-refractivity contribution in [3.8, 4) is 5.69 Å². The van der Waals surface area contributed by atoms with Crippen LogP contribution in [0.4, 0.5) is 0 Å². The Labute approximate surface area is 176 Å². The van der Waals surface area contributed by atoms with Crippen molar-refractivity contribution in [1.82, 2.24) is 24.8 Å². The largest absolute Gasteiger partial charge is 0.385 e. The van der Waals surface area contributed by atoms with Crippen molar-refractivity contribution < 1.29 is 4.74 Å². The van der Waals surface area contributed by atoms with Gasteiger partial charge in [-0.2, -0.15) is 0 Å². The van der Waals surface area contributed by atoms with Gasteiger partial charge in [-0.05, 0) is 62.0 Å². The van der Waals surface area contributed by atoms with E-state index in [0.29, 0.717) is 6.61 Å². The second kappa shape index (κ2) is 8.71. The van der Waals surface area contributed by atoms with Gasteiger partial charge in [-0.25, -0.2) is 0 Å². The molecule has 1 aliphatic heterocycles. The molecule has 3 aromatic heterocycles. The van der Waals surface area contributed by atoms with Crippen molar-refractivity contribution >= 4 is 17.3 Å². The van der Waals surface area contributed by atoms with Crippen LogP contribution in [0, 0.1) is 6.92 Å². The van der Waals surface area contributed by atoms with Gasteiger partial charge in [0.1, 0.15) is 0 Å². The summed E-state index contributed by atoms with van der Waals surface area (Å²) in [7, 11) is 1.73. The van der Waals surface area contributed by atoms with Crippen LogP contribution in [0.1, 0.15) is 35.6 Å². The molecule has 29 heavy (non-hydrogen) atoms. The Kier molecular flexibility index (Phi) is 5.87. The van der Waals surface area contributed by atoms with Crippen molar-refractivity contribution in [1.29, 1.82) is 0 Å². The smallest absolute Gasteiger partial charge is 0.170 e. The van der Waals surface area contributed by atoms with E-state index in [2.05, 4.69) is 55.9 Å². The summed E-state index contributed by atoms with van der Waals surface area (Å²) in [5, 5.41) is 4.26. The highest BCUT2D eigenvalue weighted by Gasteiger charge is 2.41. The van der Waals surface area contributed by atoms with Crippen LogP contribution in [0.2, 0.25) is 0 Å². The molecule has 3 aromatic rings. The summed E-state index contributed by atoms with van der Waals surface area (Å²) < 4.78 is 7.53. The van der Waals surface area contributed by atoms with E-state index < -0.39 is 0 Å². The van der Waals surface area contributed by atoms with Crippen LogP contribution < -0.4 is 5.32 Å². The highest BCUT2D eigenvalue weighted by atomic mass is 32.1. The first-order valence-electron chi connectivity index (χ1n) is 9.76. The molecular formula is C22H25N5OS. The summed E-state index contributed by atoms with van der Waals surface area (Å²) in [6.45, 7) is 3.62.